The third kappa shape index (κ3) is 3.92. The Morgan fingerprint density at radius 1 is 1.25 bits per heavy atom. The molecule has 5 nitrogen and oxygen atoms in total. The summed E-state index contributed by atoms with van der Waals surface area (Å²) in [5, 5.41) is 8.92. The number of rotatable bonds is 4. The van der Waals surface area contributed by atoms with Crippen molar-refractivity contribution in [2.75, 3.05) is 13.1 Å². The van der Waals surface area contributed by atoms with Crippen molar-refractivity contribution in [1.82, 2.24) is 4.90 Å². The maximum atomic E-state index is 12.9. The summed E-state index contributed by atoms with van der Waals surface area (Å²) < 4.78 is 67.2. The third-order valence-electron chi connectivity index (χ3n) is 3.65. The van der Waals surface area contributed by atoms with Crippen LogP contribution >= 0.6 is 0 Å². The van der Waals surface area contributed by atoms with Crippen LogP contribution in [0.4, 0.5) is 22.0 Å². The molecule has 1 aromatic carbocycles. The minimum Gasteiger partial charge on any atom is -0.481 e. The van der Waals surface area contributed by atoms with Gasteiger partial charge in [-0.3, -0.25) is 9.59 Å². The number of carboxylic acids is 1. The minimum atomic E-state index is -4.77. The number of carboxylic acid groups (broad SMARTS) is 1. The molecule has 1 N–H and O–H groups in total. The molecule has 1 aliphatic heterocycles. The van der Waals surface area contributed by atoms with Crippen LogP contribution in [0.2, 0.25) is 0 Å². The molecular weight excluding hydrogens is 341 g/mol. The van der Waals surface area contributed by atoms with E-state index in [2.05, 4.69) is 4.74 Å². The Morgan fingerprint density at radius 2 is 1.92 bits per heavy atom. The van der Waals surface area contributed by atoms with Crippen LogP contribution in [0, 0.1) is 11.8 Å². The Balaban J connectivity index is 2.20. The molecule has 132 valence electrons. The third-order valence-corrected chi connectivity index (χ3v) is 3.65. The minimum absolute atomic E-state index is 0.167. The lowest BCUT2D eigenvalue weighted by molar-refractivity contribution is -0.187. The van der Waals surface area contributed by atoms with Crippen LogP contribution in [0.25, 0.3) is 0 Å². The fourth-order valence-electron chi connectivity index (χ4n) is 2.54. The van der Waals surface area contributed by atoms with Gasteiger partial charge in [0, 0.05) is 18.7 Å². The second-order valence-electron chi connectivity index (χ2n) is 5.21. The number of likely N-dealkylation sites (tertiary alicyclic amines) is 1. The first kappa shape index (κ1) is 18.0. The number of benzene rings is 1. The molecule has 0 bridgehead atoms. The zero-order valence-corrected chi connectivity index (χ0v) is 12.0. The number of halogens is 5. The van der Waals surface area contributed by atoms with Crippen molar-refractivity contribution in [3.63, 3.8) is 0 Å². The number of aliphatic carboxylic acids is 1. The Hall–Kier alpha value is -2.39. The standard InChI is InChI=1S/C14H12F5NO4/c15-13(16)24-8-3-1-2-7(4-8)11(21)20-5-9(12(22)23)10(6-20)14(17,18)19/h1-4,9-10,13H,5-6H2,(H,22,23)/t9-,10-/m1/s1. The van der Waals surface area contributed by atoms with Gasteiger partial charge in [0.2, 0.25) is 0 Å². The number of hydrogen-bond donors (Lipinski definition) is 1. The molecule has 0 radical (unpaired) electrons. The Bertz CT molecular complexity index is 634. The van der Waals surface area contributed by atoms with E-state index in [0.717, 1.165) is 17.0 Å². The maximum Gasteiger partial charge on any atom is 0.394 e. The summed E-state index contributed by atoms with van der Waals surface area (Å²) in [6.45, 7) is -4.54. The van der Waals surface area contributed by atoms with Crippen molar-refractivity contribution in [3.05, 3.63) is 29.8 Å². The van der Waals surface area contributed by atoms with E-state index >= 15 is 0 Å². The normalized spacial score (nSPS) is 21.2. The van der Waals surface area contributed by atoms with Gasteiger partial charge in [-0.1, -0.05) is 6.07 Å². The molecule has 10 heteroatoms. The highest BCUT2D eigenvalue weighted by Crippen LogP contribution is 2.38. The molecule has 0 spiro atoms. The van der Waals surface area contributed by atoms with Gasteiger partial charge >= 0.3 is 18.8 Å². The van der Waals surface area contributed by atoms with Gasteiger partial charge in [0.15, 0.2) is 0 Å². The summed E-state index contributed by atoms with van der Waals surface area (Å²) in [6.07, 6.45) is -4.77. The quantitative estimate of drug-likeness (QED) is 0.845. The van der Waals surface area contributed by atoms with E-state index in [1.807, 2.05) is 0 Å². The van der Waals surface area contributed by atoms with E-state index in [1.165, 1.54) is 12.1 Å². The molecular formula is C14H12F5NO4. The topological polar surface area (TPSA) is 66.8 Å². The maximum absolute atomic E-state index is 12.9. The number of carbonyl (C=O) groups is 2. The van der Waals surface area contributed by atoms with Crippen LogP contribution in [0.5, 0.6) is 5.75 Å². The molecule has 1 aliphatic rings. The summed E-state index contributed by atoms with van der Waals surface area (Å²) in [6, 6.07) is 4.57. The van der Waals surface area contributed by atoms with Crippen LogP contribution in [0.15, 0.2) is 24.3 Å². The smallest absolute Gasteiger partial charge is 0.394 e. The predicted octanol–water partition coefficient (Wildman–Crippen LogP) is 2.62. The molecule has 24 heavy (non-hydrogen) atoms. The lowest BCUT2D eigenvalue weighted by Crippen LogP contribution is -2.34. The van der Waals surface area contributed by atoms with E-state index in [1.54, 1.807) is 0 Å². The summed E-state index contributed by atoms with van der Waals surface area (Å²) in [4.78, 5) is 24.0. The number of hydrogen-bond acceptors (Lipinski definition) is 3. The first-order valence-electron chi connectivity index (χ1n) is 6.73. The molecule has 1 amide bonds. The van der Waals surface area contributed by atoms with E-state index in [0.29, 0.717) is 0 Å². The molecule has 1 aromatic rings. The van der Waals surface area contributed by atoms with Crippen LogP contribution in [0.3, 0.4) is 0 Å². The largest absolute Gasteiger partial charge is 0.481 e. The highest BCUT2D eigenvalue weighted by molar-refractivity contribution is 5.95. The van der Waals surface area contributed by atoms with Crippen molar-refractivity contribution < 1.29 is 41.4 Å². The molecule has 2 rings (SSSR count). The highest BCUT2D eigenvalue weighted by Gasteiger charge is 2.53. The molecule has 0 aliphatic carbocycles. The number of amides is 1. The van der Waals surface area contributed by atoms with E-state index < -0.39 is 49.6 Å². The fourth-order valence-corrected chi connectivity index (χ4v) is 2.54. The molecule has 0 unspecified atom stereocenters. The van der Waals surface area contributed by atoms with Crippen LogP contribution in [0.1, 0.15) is 10.4 Å². The SMILES string of the molecule is O=C(O)[C@@H]1CN(C(=O)c2cccc(OC(F)F)c2)C[C@H]1C(F)(F)F. The second kappa shape index (κ2) is 6.62. The van der Waals surface area contributed by atoms with Crippen LogP contribution < -0.4 is 4.74 Å². The lowest BCUT2D eigenvalue weighted by Gasteiger charge is -2.18. The zero-order chi connectivity index (χ0) is 18.1. The van der Waals surface area contributed by atoms with Crippen molar-refractivity contribution in [2.45, 2.75) is 12.8 Å². The number of ether oxygens (including phenoxy) is 1. The average molecular weight is 353 g/mol. The van der Waals surface area contributed by atoms with Gasteiger partial charge in [0.05, 0.1) is 11.8 Å². The van der Waals surface area contributed by atoms with Gasteiger partial charge < -0.3 is 14.7 Å². The second-order valence-corrected chi connectivity index (χ2v) is 5.21. The van der Waals surface area contributed by atoms with Gasteiger partial charge in [-0.15, -0.1) is 0 Å². The average Bonchev–Trinajstić information content (AvgIpc) is 2.91. The van der Waals surface area contributed by atoms with Gasteiger partial charge in [-0.2, -0.15) is 22.0 Å². The molecule has 0 aromatic heterocycles. The molecule has 0 saturated carbocycles. The molecule has 1 fully saturated rings. The predicted molar refractivity (Wildman–Crippen MR) is 69.6 cm³/mol. The Morgan fingerprint density at radius 3 is 2.42 bits per heavy atom. The van der Waals surface area contributed by atoms with Crippen LogP contribution in [-0.2, 0) is 4.79 Å². The van der Waals surface area contributed by atoms with E-state index in [9.17, 15) is 31.5 Å². The molecule has 1 saturated heterocycles. The molecule has 1 heterocycles. The number of carbonyl (C=O) groups excluding carboxylic acids is 1. The Kier molecular flexibility index (Phi) is 4.95. The van der Waals surface area contributed by atoms with Gasteiger partial charge in [-0.05, 0) is 18.2 Å². The monoisotopic (exact) mass is 353 g/mol. The molecule has 2 atom stereocenters. The van der Waals surface area contributed by atoms with Gasteiger partial charge in [0.1, 0.15) is 5.75 Å². The van der Waals surface area contributed by atoms with Crippen molar-refractivity contribution in [2.24, 2.45) is 11.8 Å². The van der Waals surface area contributed by atoms with Gasteiger partial charge in [0.25, 0.3) is 5.91 Å². The summed E-state index contributed by atoms with van der Waals surface area (Å²) in [5.74, 6) is -6.80. The van der Waals surface area contributed by atoms with Gasteiger partial charge in [-0.25, -0.2) is 0 Å². The number of nitrogens with zero attached hydrogens (tertiary/aromatic N) is 1. The van der Waals surface area contributed by atoms with Crippen LogP contribution in [-0.4, -0.2) is 47.8 Å². The van der Waals surface area contributed by atoms with E-state index in [-0.39, 0.29) is 11.3 Å². The zero-order valence-electron chi connectivity index (χ0n) is 12.0. The fraction of sp³-hybridized carbons (Fsp3) is 0.429. The summed E-state index contributed by atoms with van der Waals surface area (Å²) in [7, 11) is 0. The first-order chi connectivity index (χ1) is 11.1. The van der Waals surface area contributed by atoms with Crippen molar-refractivity contribution in [3.8, 4) is 5.75 Å². The summed E-state index contributed by atoms with van der Waals surface area (Å²) in [5.41, 5.74) is -0.167. The Labute approximate surface area is 132 Å². The highest BCUT2D eigenvalue weighted by atomic mass is 19.4. The summed E-state index contributed by atoms with van der Waals surface area (Å²) >= 11 is 0. The first-order valence-corrected chi connectivity index (χ1v) is 6.73. The number of alkyl halides is 5. The van der Waals surface area contributed by atoms with Crippen molar-refractivity contribution >= 4 is 11.9 Å². The van der Waals surface area contributed by atoms with Crippen molar-refractivity contribution in [1.29, 1.82) is 0 Å². The lowest BCUT2D eigenvalue weighted by atomic mass is 9.96. The van der Waals surface area contributed by atoms with E-state index in [4.69, 9.17) is 5.11 Å².